The summed E-state index contributed by atoms with van der Waals surface area (Å²) in [5, 5.41) is 0. The van der Waals surface area contributed by atoms with Gasteiger partial charge in [-0.2, -0.15) is 8.42 Å². The second kappa shape index (κ2) is 8.64. The van der Waals surface area contributed by atoms with Crippen molar-refractivity contribution in [2.24, 2.45) is 0 Å². The third-order valence-corrected chi connectivity index (χ3v) is 2.05. The molecule has 0 rings (SSSR count). The Bertz CT molecular complexity index is 291. The van der Waals surface area contributed by atoms with Crippen LogP contribution in [-0.2, 0) is 14.6 Å². The second-order valence-corrected chi connectivity index (χ2v) is 4.07. The van der Waals surface area contributed by atoms with Crippen molar-refractivity contribution in [1.29, 1.82) is 0 Å². The number of hydrogen-bond acceptors (Lipinski definition) is 3. The van der Waals surface area contributed by atoms with Gasteiger partial charge in [0.25, 0.3) is 0 Å². The zero-order valence-corrected chi connectivity index (χ0v) is 9.74. The third-order valence-electron chi connectivity index (χ3n) is 1.59. The summed E-state index contributed by atoms with van der Waals surface area (Å²) in [5.74, 6) is 0. The van der Waals surface area contributed by atoms with Crippen LogP contribution in [0.5, 0.6) is 0 Å². The Morgan fingerprint density at radius 3 is 2.47 bits per heavy atom. The van der Waals surface area contributed by atoms with Gasteiger partial charge >= 0.3 is 10.4 Å². The summed E-state index contributed by atoms with van der Waals surface area (Å²) < 4.78 is 32.7. The highest BCUT2D eigenvalue weighted by molar-refractivity contribution is 7.80. The fraction of sp³-hybridized carbons (Fsp3) is 0.600. The summed E-state index contributed by atoms with van der Waals surface area (Å²) in [6.07, 6.45) is 11.4. The molecule has 0 atom stereocenters. The number of allylic oxidation sites excluding steroid dienone is 4. The van der Waals surface area contributed by atoms with Gasteiger partial charge in [0.05, 0.1) is 6.61 Å². The lowest BCUT2D eigenvalue weighted by Gasteiger charge is -1.96. The van der Waals surface area contributed by atoms with E-state index in [4.69, 9.17) is 4.55 Å². The Kier molecular flexibility index (Phi) is 8.27. The molecule has 0 amide bonds. The molecular formula is C10H18O4S. The third kappa shape index (κ3) is 13.3. The smallest absolute Gasteiger partial charge is 0.264 e. The molecule has 0 saturated heterocycles. The molecule has 0 aromatic rings. The van der Waals surface area contributed by atoms with Crippen molar-refractivity contribution in [2.45, 2.75) is 32.6 Å². The van der Waals surface area contributed by atoms with E-state index in [1.165, 1.54) is 0 Å². The molecule has 4 nitrogen and oxygen atoms in total. The molecular weight excluding hydrogens is 216 g/mol. The predicted octanol–water partition coefficient (Wildman–Crippen LogP) is 2.50. The van der Waals surface area contributed by atoms with E-state index in [1.54, 1.807) is 0 Å². The standard InChI is InChI=1S/C10H18O4S/c1-2-3-4-5-6-7-8-9-10-14-15(11,12)13/h3-4,6-7H,2,5,8-10H2,1H3,(H,11,12,13)/b4-3+,7-6+. The molecule has 15 heavy (non-hydrogen) atoms. The van der Waals surface area contributed by atoms with Crippen LogP contribution >= 0.6 is 0 Å². The minimum atomic E-state index is -4.26. The minimum absolute atomic E-state index is 0.0218. The normalized spacial score (nSPS) is 12.9. The average molecular weight is 234 g/mol. The zero-order valence-electron chi connectivity index (χ0n) is 8.93. The van der Waals surface area contributed by atoms with E-state index in [1.807, 2.05) is 12.2 Å². The molecule has 0 aliphatic rings. The lowest BCUT2D eigenvalue weighted by Crippen LogP contribution is -2.04. The van der Waals surface area contributed by atoms with Crippen LogP contribution in [0.3, 0.4) is 0 Å². The van der Waals surface area contributed by atoms with Crippen molar-refractivity contribution in [3.63, 3.8) is 0 Å². The van der Waals surface area contributed by atoms with Crippen LogP contribution in [0.25, 0.3) is 0 Å². The maximum Gasteiger partial charge on any atom is 0.397 e. The molecule has 5 heteroatoms. The van der Waals surface area contributed by atoms with Crippen LogP contribution in [-0.4, -0.2) is 19.6 Å². The first-order chi connectivity index (χ1) is 7.06. The summed E-state index contributed by atoms with van der Waals surface area (Å²) in [6, 6.07) is 0. The molecule has 0 spiro atoms. The Balaban J connectivity index is 3.35. The van der Waals surface area contributed by atoms with Crippen molar-refractivity contribution in [1.82, 2.24) is 0 Å². The Morgan fingerprint density at radius 1 is 1.20 bits per heavy atom. The summed E-state index contributed by atoms with van der Waals surface area (Å²) in [7, 11) is -4.26. The monoisotopic (exact) mass is 234 g/mol. The van der Waals surface area contributed by atoms with Crippen LogP contribution in [0.15, 0.2) is 24.3 Å². The van der Waals surface area contributed by atoms with Gasteiger partial charge < -0.3 is 0 Å². The maximum atomic E-state index is 10.1. The Labute approximate surface area is 91.6 Å². The van der Waals surface area contributed by atoms with Gasteiger partial charge in [0.2, 0.25) is 0 Å². The molecule has 0 fully saturated rings. The quantitative estimate of drug-likeness (QED) is 0.398. The molecule has 0 aliphatic carbocycles. The van der Waals surface area contributed by atoms with E-state index < -0.39 is 10.4 Å². The highest BCUT2D eigenvalue weighted by Gasteiger charge is 2.01. The van der Waals surface area contributed by atoms with Crippen molar-refractivity contribution in [3.8, 4) is 0 Å². The highest BCUT2D eigenvalue weighted by atomic mass is 32.3. The van der Waals surface area contributed by atoms with E-state index in [2.05, 4.69) is 23.3 Å². The van der Waals surface area contributed by atoms with E-state index in [0.717, 1.165) is 19.3 Å². The van der Waals surface area contributed by atoms with Crippen LogP contribution in [0.2, 0.25) is 0 Å². The number of unbranched alkanes of at least 4 members (excludes halogenated alkanes) is 1. The molecule has 0 bridgehead atoms. The number of rotatable bonds is 8. The second-order valence-electron chi connectivity index (χ2n) is 2.98. The van der Waals surface area contributed by atoms with E-state index in [9.17, 15) is 8.42 Å². The van der Waals surface area contributed by atoms with Crippen molar-refractivity contribution < 1.29 is 17.2 Å². The summed E-state index contributed by atoms with van der Waals surface area (Å²) >= 11 is 0. The molecule has 0 aromatic heterocycles. The summed E-state index contributed by atoms with van der Waals surface area (Å²) in [6.45, 7) is 2.10. The molecule has 88 valence electrons. The molecule has 1 N–H and O–H groups in total. The van der Waals surface area contributed by atoms with E-state index in [0.29, 0.717) is 6.42 Å². The van der Waals surface area contributed by atoms with Gasteiger partial charge in [-0.25, -0.2) is 4.18 Å². The van der Waals surface area contributed by atoms with Crippen LogP contribution < -0.4 is 0 Å². The first-order valence-corrected chi connectivity index (χ1v) is 6.34. The molecule has 0 aliphatic heterocycles. The fourth-order valence-corrected chi connectivity index (χ4v) is 1.25. The van der Waals surface area contributed by atoms with Crippen LogP contribution in [0.4, 0.5) is 0 Å². The molecule has 0 heterocycles. The van der Waals surface area contributed by atoms with Crippen LogP contribution in [0, 0.1) is 0 Å². The topological polar surface area (TPSA) is 63.6 Å². The summed E-state index contributed by atoms with van der Waals surface area (Å²) in [5.41, 5.74) is 0. The highest BCUT2D eigenvalue weighted by Crippen LogP contribution is 1.97. The molecule has 0 radical (unpaired) electrons. The van der Waals surface area contributed by atoms with Gasteiger partial charge in [-0.15, -0.1) is 0 Å². The van der Waals surface area contributed by atoms with Gasteiger partial charge in [-0.1, -0.05) is 31.2 Å². The summed E-state index contributed by atoms with van der Waals surface area (Å²) in [4.78, 5) is 0. The maximum absolute atomic E-state index is 10.1. The van der Waals surface area contributed by atoms with Gasteiger partial charge in [-0.05, 0) is 25.7 Å². The Hall–Kier alpha value is -0.650. The predicted molar refractivity (Wildman–Crippen MR) is 59.9 cm³/mol. The Morgan fingerprint density at radius 2 is 1.87 bits per heavy atom. The van der Waals surface area contributed by atoms with Crippen LogP contribution in [0.1, 0.15) is 32.6 Å². The number of hydrogen-bond donors (Lipinski definition) is 1. The van der Waals surface area contributed by atoms with Crippen molar-refractivity contribution in [2.75, 3.05) is 6.61 Å². The van der Waals surface area contributed by atoms with E-state index in [-0.39, 0.29) is 6.61 Å². The molecule has 0 unspecified atom stereocenters. The lowest BCUT2D eigenvalue weighted by molar-refractivity contribution is 0.265. The lowest BCUT2D eigenvalue weighted by atomic mass is 10.2. The fourth-order valence-electron chi connectivity index (χ4n) is 0.921. The van der Waals surface area contributed by atoms with Gasteiger partial charge in [0.1, 0.15) is 0 Å². The molecule has 0 saturated carbocycles. The minimum Gasteiger partial charge on any atom is -0.264 e. The van der Waals surface area contributed by atoms with Gasteiger partial charge in [0.15, 0.2) is 0 Å². The first-order valence-electron chi connectivity index (χ1n) is 4.98. The average Bonchev–Trinajstić information content (AvgIpc) is 2.14. The zero-order chi connectivity index (χ0) is 11.6. The van der Waals surface area contributed by atoms with E-state index >= 15 is 0 Å². The van der Waals surface area contributed by atoms with Gasteiger partial charge in [-0.3, -0.25) is 4.55 Å². The largest absolute Gasteiger partial charge is 0.397 e. The first kappa shape index (κ1) is 14.3. The SMILES string of the molecule is CC/C=C/C/C=C/CCCOS(=O)(=O)O. The van der Waals surface area contributed by atoms with Crippen molar-refractivity contribution in [3.05, 3.63) is 24.3 Å². The molecule has 0 aromatic carbocycles. The van der Waals surface area contributed by atoms with Gasteiger partial charge in [0, 0.05) is 0 Å². The van der Waals surface area contributed by atoms with Crippen molar-refractivity contribution >= 4 is 10.4 Å².